The third-order valence-corrected chi connectivity index (χ3v) is 4.05. The Labute approximate surface area is 166 Å². The molecule has 0 aromatic heterocycles. The molecule has 0 amide bonds. The molecule has 0 radical (unpaired) electrons. The molecule has 0 N–H and O–H groups in total. The van der Waals surface area contributed by atoms with Crippen LogP contribution in [0.15, 0.2) is 78.9 Å². The van der Waals surface area contributed by atoms with E-state index in [0.29, 0.717) is 17.9 Å². The van der Waals surface area contributed by atoms with Crippen molar-refractivity contribution in [3.63, 3.8) is 0 Å². The highest BCUT2D eigenvalue weighted by molar-refractivity contribution is 5.99. The summed E-state index contributed by atoms with van der Waals surface area (Å²) in [6.45, 7) is -0.0549. The average Bonchev–Trinajstić information content (AvgIpc) is 2.77. The van der Waals surface area contributed by atoms with E-state index in [1.54, 1.807) is 24.3 Å². The summed E-state index contributed by atoms with van der Waals surface area (Å²) < 4.78 is 10.6. The Morgan fingerprint density at radius 2 is 1.59 bits per heavy atom. The average molecular weight is 391 g/mol. The lowest BCUT2D eigenvalue weighted by molar-refractivity contribution is -0.384. The van der Waals surface area contributed by atoms with Crippen molar-refractivity contribution in [1.29, 1.82) is 0 Å². The van der Waals surface area contributed by atoms with Gasteiger partial charge in [0.2, 0.25) is 0 Å². The van der Waals surface area contributed by atoms with E-state index < -0.39 is 23.3 Å². The van der Waals surface area contributed by atoms with Gasteiger partial charge in [0.05, 0.1) is 10.5 Å². The maximum atomic E-state index is 12.2. The lowest BCUT2D eigenvalue weighted by atomic mass is 10.1. The number of hydrogen-bond acceptors (Lipinski definition) is 6. The van der Waals surface area contributed by atoms with E-state index in [2.05, 4.69) is 0 Å². The predicted molar refractivity (Wildman–Crippen MR) is 105 cm³/mol. The second-order valence-electron chi connectivity index (χ2n) is 6.11. The first kappa shape index (κ1) is 19.8. The summed E-state index contributed by atoms with van der Waals surface area (Å²) in [5, 5.41) is 10.8. The van der Waals surface area contributed by atoms with Crippen molar-refractivity contribution in [2.75, 3.05) is 6.61 Å². The van der Waals surface area contributed by atoms with E-state index in [1.165, 1.54) is 18.2 Å². The van der Waals surface area contributed by atoms with E-state index in [0.717, 1.165) is 11.6 Å². The van der Waals surface area contributed by atoms with Gasteiger partial charge >= 0.3 is 5.97 Å². The molecule has 0 atom stereocenters. The summed E-state index contributed by atoms with van der Waals surface area (Å²) in [6, 6.07) is 21.3. The number of carbonyl (C=O) groups is 2. The highest BCUT2D eigenvalue weighted by Crippen LogP contribution is 2.16. The molecule has 0 saturated heterocycles. The molecule has 0 spiro atoms. The van der Waals surface area contributed by atoms with Crippen molar-refractivity contribution in [3.8, 4) is 5.75 Å². The Bertz CT molecular complexity index is 1010. The van der Waals surface area contributed by atoms with Crippen LogP contribution in [-0.2, 0) is 11.3 Å². The number of ketones is 1. The standard InChI is InChI=1S/C22H17NO6/c24-21(15-29-22(25)18-7-4-8-19(13-18)23(26)27)17-9-11-20(12-10-17)28-14-16-5-2-1-3-6-16/h1-13H,14-15H2. The van der Waals surface area contributed by atoms with E-state index >= 15 is 0 Å². The fraction of sp³-hybridized carbons (Fsp3) is 0.0909. The highest BCUT2D eigenvalue weighted by atomic mass is 16.6. The van der Waals surface area contributed by atoms with E-state index in [-0.39, 0.29) is 11.3 Å². The minimum atomic E-state index is -0.801. The largest absolute Gasteiger partial charge is 0.489 e. The zero-order valence-electron chi connectivity index (χ0n) is 15.3. The SMILES string of the molecule is O=C(COC(=O)c1cccc([N+](=O)[O-])c1)c1ccc(OCc2ccccc2)cc1. The summed E-state index contributed by atoms with van der Waals surface area (Å²) in [4.78, 5) is 34.4. The van der Waals surface area contributed by atoms with Gasteiger partial charge in [-0.15, -0.1) is 0 Å². The molecule has 0 unspecified atom stereocenters. The summed E-state index contributed by atoms with van der Waals surface area (Å²) in [5.74, 6) is -0.581. The van der Waals surface area contributed by atoms with Crippen LogP contribution < -0.4 is 4.74 Å². The first-order valence-corrected chi connectivity index (χ1v) is 8.74. The van der Waals surface area contributed by atoms with E-state index in [4.69, 9.17) is 9.47 Å². The molecular formula is C22H17NO6. The quantitative estimate of drug-likeness (QED) is 0.247. The number of non-ortho nitro benzene ring substituents is 1. The van der Waals surface area contributed by atoms with Gasteiger partial charge in [-0.05, 0) is 35.9 Å². The lowest BCUT2D eigenvalue weighted by Crippen LogP contribution is -2.14. The monoisotopic (exact) mass is 391 g/mol. The number of rotatable bonds is 8. The molecule has 146 valence electrons. The molecule has 29 heavy (non-hydrogen) atoms. The van der Waals surface area contributed by atoms with E-state index in [1.807, 2.05) is 30.3 Å². The van der Waals surface area contributed by atoms with Gasteiger partial charge in [0.15, 0.2) is 12.4 Å². The molecule has 0 saturated carbocycles. The molecule has 3 aromatic carbocycles. The Morgan fingerprint density at radius 3 is 2.28 bits per heavy atom. The Hall–Kier alpha value is -4.00. The fourth-order valence-electron chi connectivity index (χ4n) is 2.52. The number of Topliss-reactive ketones (excluding diaryl/α,β-unsaturated/α-hetero) is 1. The molecule has 0 aliphatic heterocycles. The van der Waals surface area contributed by atoms with Crippen molar-refractivity contribution in [1.82, 2.24) is 0 Å². The number of carbonyl (C=O) groups excluding carboxylic acids is 2. The number of hydrogen-bond donors (Lipinski definition) is 0. The topological polar surface area (TPSA) is 95.7 Å². The summed E-state index contributed by atoms with van der Waals surface area (Å²) in [6.07, 6.45) is 0. The fourth-order valence-corrected chi connectivity index (χ4v) is 2.52. The minimum absolute atomic E-state index is 0.0108. The predicted octanol–water partition coefficient (Wildman–Crippen LogP) is 4.21. The number of nitro groups is 1. The van der Waals surface area contributed by atoms with Crippen LogP contribution in [0.1, 0.15) is 26.3 Å². The van der Waals surface area contributed by atoms with Crippen LogP contribution >= 0.6 is 0 Å². The van der Waals surface area contributed by atoms with Gasteiger partial charge in [-0.3, -0.25) is 14.9 Å². The molecular weight excluding hydrogens is 374 g/mol. The van der Waals surface area contributed by atoms with Gasteiger partial charge in [0.25, 0.3) is 5.69 Å². The smallest absolute Gasteiger partial charge is 0.338 e. The van der Waals surface area contributed by atoms with Crippen LogP contribution in [0.2, 0.25) is 0 Å². The molecule has 0 aliphatic carbocycles. The first-order valence-electron chi connectivity index (χ1n) is 8.74. The van der Waals surface area contributed by atoms with Crippen LogP contribution in [0.4, 0.5) is 5.69 Å². The molecule has 7 nitrogen and oxygen atoms in total. The third kappa shape index (κ3) is 5.49. The second-order valence-corrected chi connectivity index (χ2v) is 6.11. The maximum absolute atomic E-state index is 12.2. The number of nitro benzene ring substituents is 1. The van der Waals surface area contributed by atoms with Crippen molar-refractivity contribution in [2.45, 2.75) is 6.61 Å². The van der Waals surface area contributed by atoms with Crippen LogP contribution in [0.3, 0.4) is 0 Å². The molecule has 0 aliphatic rings. The van der Waals surface area contributed by atoms with Crippen LogP contribution in [0.25, 0.3) is 0 Å². The zero-order chi connectivity index (χ0) is 20.6. The summed E-state index contributed by atoms with van der Waals surface area (Å²) in [7, 11) is 0. The van der Waals surface area contributed by atoms with Crippen molar-refractivity contribution >= 4 is 17.4 Å². The van der Waals surface area contributed by atoms with Crippen molar-refractivity contribution in [3.05, 3.63) is 106 Å². The Kier molecular flexibility index (Phi) is 6.32. The molecule has 3 rings (SSSR count). The van der Waals surface area contributed by atoms with Crippen molar-refractivity contribution < 1.29 is 24.0 Å². The molecule has 3 aromatic rings. The van der Waals surface area contributed by atoms with Gasteiger partial charge in [-0.2, -0.15) is 0 Å². The normalized spacial score (nSPS) is 10.2. The maximum Gasteiger partial charge on any atom is 0.338 e. The number of benzene rings is 3. The van der Waals surface area contributed by atoms with Crippen LogP contribution in [0.5, 0.6) is 5.75 Å². The van der Waals surface area contributed by atoms with Crippen molar-refractivity contribution in [2.24, 2.45) is 0 Å². The number of esters is 1. The second kappa shape index (κ2) is 9.27. The lowest BCUT2D eigenvalue weighted by Gasteiger charge is -2.08. The number of nitrogens with zero attached hydrogens (tertiary/aromatic N) is 1. The minimum Gasteiger partial charge on any atom is -0.489 e. The van der Waals surface area contributed by atoms with Crippen LogP contribution in [-0.4, -0.2) is 23.3 Å². The Morgan fingerprint density at radius 1 is 0.862 bits per heavy atom. The third-order valence-electron chi connectivity index (χ3n) is 4.05. The molecule has 0 fully saturated rings. The van der Waals surface area contributed by atoms with Gasteiger partial charge in [-0.25, -0.2) is 4.79 Å². The zero-order valence-corrected chi connectivity index (χ0v) is 15.3. The summed E-state index contributed by atoms with van der Waals surface area (Å²) >= 11 is 0. The van der Waals surface area contributed by atoms with Gasteiger partial charge in [0, 0.05) is 17.7 Å². The van der Waals surface area contributed by atoms with Gasteiger partial charge < -0.3 is 9.47 Å². The first-order chi connectivity index (χ1) is 14.0. The highest BCUT2D eigenvalue weighted by Gasteiger charge is 2.15. The molecule has 0 bridgehead atoms. The Balaban J connectivity index is 1.53. The number of ether oxygens (including phenoxy) is 2. The molecule has 7 heteroatoms. The van der Waals surface area contributed by atoms with E-state index in [9.17, 15) is 19.7 Å². The molecule has 0 heterocycles. The van der Waals surface area contributed by atoms with Gasteiger partial charge in [0.1, 0.15) is 12.4 Å². The van der Waals surface area contributed by atoms with Crippen LogP contribution in [0, 0.1) is 10.1 Å². The van der Waals surface area contributed by atoms with Gasteiger partial charge in [-0.1, -0.05) is 36.4 Å². The summed E-state index contributed by atoms with van der Waals surface area (Å²) in [5.41, 5.74) is 1.18.